The van der Waals surface area contributed by atoms with Gasteiger partial charge in [0, 0.05) is 6.07 Å². The lowest BCUT2D eigenvalue weighted by Crippen LogP contribution is -2.45. The van der Waals surface area contributed by atoms with Crippen LogP contribution in [-0.2, 0) is 19.6 Å². The first-order valence-electron chi connectivity index (χ1n) is 8.30. The van der Waals surface area contributed by atoms with Crippen LogP contribution in [0.5, 0.6) is 11.5 Å². The van der Waals surface area contributed by atoms with Gasteiger partial charge in [0.1, 0.15) is 6.04 Å². The number of ether oxygens (including phenoxy) is 3. The lowest BCUT2D eigenvalue weighted by molar-refractivity contribution is -0.143. The largest absolute Gasteiger partial charge is 0.490 e. The highest BCUT2D eigenvalue weighted by molar-refractivity contribution is 7.89. The number of methoxy groups -OCH3 is 1. The molecule has 1 N–H and O–H groups in total. The minimum Gasteiger partial charge on any atom is -0.490 e. The van der Waals surface area contributed by atoms with Crippen LogP contribution < -0.4 is 14.2 Å². The molecule has 2 atom stereocenters. The molecule has 1 rings (SSSR count). The Morgan fingerprint density at radius 2 is 1.72 bits per heavy atom. The SMILES string of the molecule is CCOc1ccc(S(=O)(=O)N[C@@H](C(=O)OC)[C@@H](C)CC)cc1OCC. The average Bonchev–Trinajstić information content (AvgIpc) is 2.60. The van der Waals surface area contributed by atoms with Crippen molar-refractivity contribution >= 4 is 16.0 Å². The van der Waals surface area contributed by atoms with Gasteiger partial charge in [-0.25, -0.2) is 8.42 Å². The van der Waals surface area contributed by atoms with E-state index in [1.807, 2.05) is 13.8 Å². The monoisotopic (exact) mass is 373 g/mol. The molecular formula is C17H27NO6S. The molecule has 0 saturated carbocycles. The second-order valence-electron chi connectivity index (χ2n) is 5.48. The highest BCUT2D eigenvalue weighted by Crippen LogP contribution is 2.30. The van der Waals surface area contributed by atoms with E-state index >= 15 is 0 Å². The summed E-state index contributed by atoms with van der Waals surface area (Å²) in [5, 5.41) is 0. The molecule has 1 aromatic rings. The van der Waals surface area contributed by atoms with Gasteiger partial charge in [-0.15, -0.1) is 0 Å². The van der Waals surface area contributed by atoms with Crippen molar-refractivity contribution in [2.45, 2.75) is 45.1 Å². The molecule has 1 aromatic carbocycles. The molecule has 0 saturated heterocycles. The standard InChI is InChI=1S/C17H27NO6S/c1-6-12(4)16(17(19)22-5)18-25(20,21)13-9-10-14(23-7-2)15(11-13)24-8-3/h9-12,16,18H,6-8H2,1-5H3/t12-,16+/m0/s1. The first kappa shape index (κ1) is 21.2. The van der Waals surface area contributed by atoms with Crippen LogP contribution in [0.3, 0.4) is 0 Å². The number of esters is 1. The van der Waals surface area contributed by atoms with Gasteiger partial charge in [-0.3, -0.25) is 4.79 Å². The number of hydrogen-bond donors (Lipinski definition) is 1. The zero-order chi connectivity index (χ0) is 19.0. The molecule has 0 radical (unpaired) electrons. The Morgan fingerprint density at radius 1 is 1.12 bits per heavy atom. The van der Waals surface area contributed by atoms with Crippen LogP contribution in [-0.4, -0.2) is 40.8 Å². The Labute approximate surface area is 149 Å². The lowest BCUT2D eigenvalue weighted by Gasteiger charge is -2.22. The van der Waals surface area contributed by atoms with Crippen molar-refractivity contribution in [1.29, 1.82) is 0 Å². The second-order valence-corrected chi connectivity index (χ2v) is 7.20. The van der Waals surface area contributed by atoms with Crippen molar-refractivity contribution in [3.05, 3.63) is 18.2 Å². The fraction of sp³-hybridized carbons (Fsp3) is 0.588. The van der Waals surface area contributed by atoms with Crippen LogP contribution in [0.15, 0.2) is 23.1 Å². The number of benzene rings is 1. The van der Waals surface area contributed by atoms with Gasteiger partial charge in [-0.2, -0.15) is 4.72 Å². The Balaban J connectivity index is 3.19. The smallest absolute Gasteiger partial charge is 0.324 e. The van der Waals surface area contributed by atoms with E-state index in [0.717, 1.165) is 0 Å². The maximum absolute atomic E-state index is 12.7. The van der Waals surface area contributed by atoms with Gasteiger partial charge in [0.2, 0.25) is 10.0 Å². The fourth-order valence-corrected chi connectivity index (χ4v) is 3.50. The first-order chi connectivity index (χ1) is 11.8. The van der Waals surface area contributed by atoms with Crippen molar-refractivity contribution < 1.29 is 27.4 Å². The first-order valence-corrected chi connectivity index (χ1v) is 9.78. The third kappa shape index (κ3) is 5.61. The number of sulfonamides is 1. The summed E-state index contributed by atoms with van der Waals surface area (Å²) in [7, 11) is -2.70. The minimum atomic E-state index is -3.93. The van der Waals surface area contributed by atoms with Crippen molar-refractivity contribution in [3.8, 4) is 11.5 Å². The third-order valence-electron chi connectivity index (χ3n) is 3.78. The van der Waals surface area contributed by atoms with E-state index in [-0.39, 0.29) is 10.8 Å². The van der Waals surface area contributed by atoms with E-state index in [9.17, 15) is 13.2 Å². The van der Waals surface area contributed by atoms with Gasteiger partial charge in [-0.1, -0.05) is 20.3 Å². The Bertz CT molecular complexity index is 674. The summed E-state index contributed by atoms with van der Waals surface area (Å²) in [6, 6.07) is 3.39. The molecule has 0 heterocycles. The summed E-state index contributed by atoms with van der Waals surface area (Å²) in [6.07, 6.45) is 0.621. The van der Waals surface area contributed by atoms with Gasteiger partial charge >= 0.3 is 5.97 Å². The molecule has 0 aliphatic carbocycles. The zero-order valence-corrected chi connectivity index (χ0v) is 16.2. The van der Waals surface area contributed by atoms with Crippen LogP contribution in [0.25, 0.3) is 0 Å². The lowest BCUT2D eigenvalue weighted by atomic mass is 10.0. The maximum Gasteiger partial charge on any atom is 0.324 e. The summed E-state index contributed by atoms with van der Waals surface area (Å²) in [6.45, 7) is 8.09. The number of hydrogen-bond acceptors (Lipinski definition) is 6. The van der Waals surface area contributed by atoms with Gasteiger partial charge < -0.3 is 14.2 Å². The van der Waals surface area contributed by atoms with E-state index in [1.165, 1.54) is 19.2 Å². The molecule has 0 aliphatic rings. The Kier molecular flexibility index (Phi) is 8.18. The number of carbonyl (C=O) groups excluding carboxylic acids is 1. The van der Waals surface area contributed by atoms with Crippen molar-refractivity contribution in [1.82, 2.24) is 4.72 Å². The molecule has 25 heavy (non-hydrogen) atoms. The predicted octanol–water partition coefficient (Wildman–Crippen LogP) is 2.35. The van der Waals surface area contributed by atoms with Crippen LogP contribution in [0.1, 0.15) is 34.1 Å². The summed E-state index contributed by atoms with van der Waals surface area (Å²) in [5.74, 6) is -0.0229. The van der Waals surface area contributed by atoms with E-state index < -0.39 is 22.0 Å². The van der Waals surface area contributed by atoms with E-state index in [4.69, 9.17) is 14.2 Å². The summed E-state index contributed by atoms with van der Waals surface area (Å²) in [4.78, 5) is 11.9. The molecule has 142 valence electrons. The van der Waals surface area contributed by atoms with Crippen LogP contribution in [0.2, 0.25) is 0 Å². The van der Waals surface area contributed by atoms with Crippen LogP contribution in [0.4, 0.5) is 0 Å². The van der Waals surface area contributed by atoms with Gasteiger partial charge in [-0.05, 0) is 31.9 Å². The van der Waals surface area contributed by atoms with Crippen molar-refractivity contribution in [2.75, 3.05) is 20.3 Å². The molecule has 0 aliphatic heterocycles. The second kappa shape index (κ2) is 9.62. The molecular weight excluding hydrogens is 346 g/mol. The van der Waals surface area contributed by atoms with Gasteiger partial charge in [0.15, 0.2) is 11.5 Å². The number of nitrogens with one attached hydrogen (secondary N) is 1. The third-order valence-corrected chi connectivity index (χ3v) is 5.21. The van der Waals surface area contributed by atoms with Gasteiger partial charge in [0.05, 0.1) is 25.2 Å². The summed E-state index contributed by atoms with van der Waals surface area (Å²) in [5.41, 5.74) is 0. The van der Waals surface area contributed by atoms with E-state index in [0.29, 0.717) is 31.1 Å². The number of rotatable bonds is 10. The quantitative estimate of drug-likeness (QED) is 0.633. The van der Waals surface area contributed by atoms with Crippen molar-refractivity contribution in [3.63, 3.8) is 0 Å². The molecule has 8 heteroatoms. The number of carbonyl (C=O) groups is 1. The molecule has 0 bridgehead atoms. The summed E-state index contributed by atoms with van der Waals surface area (Å²) >= 11 is 0. The molecule has 0 aromatic heterocycles. The molecule has 0 spiro atoms. The molecule has 0 fully saturated rings. The van der Waals surface area contributed by atoms with E-state index in [1.54, 1.807) is 19.9 Å². The maximum atomic E-state index is 12.7. The summed E-state index contributed by atoms with van der Waals surface area (Å²) < 4.78 is 43.4. The van der Waals surface area contributed by atoms with E-state index in [2.05, 4.69) is 4.72 Å². The predicted molar refractivity (Wildman–Crippen MR) is 94.4 cm³/mol. The Morgan fingerprint density at radius 3 is 2.24 bits per heavy atom. The average molecular weight is 373 g/mol. The van der Waals surface area contributed by atoms with Crippen molar-refractivity contribution in [2.24, 2.45) is 5.92 Å². The van der Waals surface area contributed by atoms with Crippen LogP contribution >= 0.6 is 0 Å². The highest BCUT2D eigenvalue weighted by Gasteiger charge is 2.30. The zero-order valence-electron chi connectivity index (χ0n) is 15.4. The minimum absolute atomic E-state index is 0.00314. The molecule has 7 nitrogen and oxygen atoms in total. The van der Waals surface area contributed by atoms with Crippen LogP contribution in [0, 0.1) is 5.92 Å². The topological polar surface area (TPSA) is 90.9 Å². The normalized spacial score (nSPS) is 13.8. The molecule has 0 amide bonds. The highest BCUT2D eigenvalue weighted by atomic mass is 32.2. The van der Waals surface area contributed by atoms with Gasteiger partial charge in [0.25, 0.3) is 0 Å². The Hall–Kier alpha value is -1.80. The fourth-order valence-electron chi connectivity index (χ4n) is 2.19. The molecule has 0 unspecified atom stereocenters.